The van der Waals surface area contributed by atoms with Crippen LogP contribution in [-0.2, 0) is 4.74 Å². The molecule has 4 aromatic rings. The van der Waals surface area contributed by atoms with Gasteiger partial charge in [-0.25, -0.2) is 18.4 Å². The van der Waals surface area contributed by atoms with Crippen LogP contribution in [0.2, 0.25) is 0 Å². The third-order valence-corrected chi connectivity index (χ3v) is 9.46. The molecule has 0 heterocycles. The highest BCUT2D eigenvalue weighted by Gasteiger charge is 2.32. The van der Waals surface area contributed by atoms with Gasteiger partial charge in [-0.15, -0.1) is 0 Å². The largest absolute Gasteiger partial charge is 0.508 e. The summed E-state index contributed by atoms with van der Waals surface area (Å²) in [6.07, 6.45) is 8.02. The third kappa shape index (κ3) is 7.28. The van der Waals surface area contributed by atoms with Crippen molar-refractivity contribution in [2.75, 3.05) is 7.11 Å². The molecule has 6 nitrogen and oxygen atoms in total. The van der Waals surface area contributed by atoms with E-state index in [1.807, 2.05) is 0 Å². The quantitative estimate of drug-likeness (QED) is 0.177. The van der Waals surface area contributed by atoms with Gasteiger partial charge in [-0.1, -0.05) is 52.0 Å². The Morgan fingerprint density at radius 3 is 1.43 bits per heavy atom. The lowest BCUT2D eigenvalue weighted by molar-refractivity contribution is 0.0599. The molecule has 4 aromatic carbocycles. The van der Waals surface area contributed by atoms with Crippen molar-refractivity contribution >= 4 is 23.1 Å². The molecule has 0 fully saturated rings. The van der Waals surface area contributed by atoms with E-state index in [4.69, 9.17) is 4.74 Å². The molecule has 0 aliphatic heterocycles. The Hall–Kier alpha value is -5.24. The fourth-order valence-electron chi connectivity index (χ4n) is 6.75. The van der Waals surface area contributed by atoms with E-state index in [9.17, 15) is 33.7 Å². The second kappa shape index (κ2) is 13.7. The van der Waals surface area contributed by atoms with Crippen molar-refractivity contribution in [3.8, 4) is 33.8 Å². The number of carboxylic acid groups (broad SMARTS) is 1. The predicted molar refractivity (Wildman–Crippen MR) is 187 cm³/mol. The van der Waals surface area contributed by atoms with Crippen LogP contribution in [0.3, 0.4) is 0 Å². The van der Waals surface area contributed by atoms with Gasteiger partial charge in [-0.3, -0.25) is 0 Å². The minimum Gasteiger partial charge on any atom is -0.508 e. The highest BCUT2D eigenvalue weighted by molar-refractivity contribution is 5.95. The van der Waals surface area contributed by atoms with E-state index in [-0.39, 0.29) is 33.5 Å². The number of phenols is 2. The lowest BCUT2D eigenvalue weighted by Gasteiger charge is -2.25. The first-order valence-corrected chi connectivity index (χ1v) is 16.1. The number of carbonyl (C=O) groups excluding carboxylic acids is 1. The molecule has 0 saturated carbocycles. The molecular weight excluding hydrogens is 626 g/mol. The summed E-state index contributed by atoms with van der Waals surface area (Å²) in [7, 11) is 1.34. The van der Waals surface area contributed by atoms with E-state index in [2.05, 4.69) is 39.8 Å². The molecule has 0 spiro atoms. The number of aromatic hydroxyl groups is 2. The molecule has 0 saturated heterocycles. The number of carbonyl (C=O) groups is 2. The van der Waals surface area contributed by atoms with Crippen molar-refractivity contribution in [2.45, 2.75) is 53.4 Å². The summed E-state index contributed by atoms with van der Waals surface area (Å²) in [5.74, 6) is -2.34. The van der Waals surface area contributed by atoms with Crippen molar-refractivity contribution in [1.82, 2.24) is 0 Å². The Bertz CT molecular complexity index is 2000. The second-order valence-corrected chi connectivity index (χ2v) is 13.7. The van der Waals surface area contributed by atoms with E-state index in [0.717, 1.165) is 42.4 Å². The van der Waals surface area contributed by atoms with Gasteiger partial charge >= 0.3 is 11.9 Å². The number of rotatable bonds is 6. The highest BCUT2D eigenvalue weighted by atomic mass is 19.1. The SMILES string of the molecule is CC1(C)CCC=C1c1cc(C(=O)O)ccc1-c1cc(O)ccc1F.COC(=O)c1ccc(-c2cc(O)ccc2F)c(C2=CCCC2(C)C)c1. The van der Waals surface area contributed by atoms with Crippen LogP contribution < -0.4 is 0 Å². The zero-order chi connectivity index (χ0) is 35.7. The van der Waals surface area contributed by atoms with Crippen LogP contribution in [0.4, 0.5) is 8.78 Å². The van der Waals surface area contributed by atoms with Crippen LogP contribution in [0.1, 0.15) is 85.2 Å². The molecule has 2 aliphatic carbocycles. The van der Waals surface area contributed by atoms with Gasteiger partial charge < -0.3 is 20.1 Å². The molecule has 8 heteroatoms. The molecule has 0 bridgehead atoms. The number of allylic oxidation sites excluding steroid dienone is 4. The van der Waals surface area contributed by atoms with E-state index in [0.29, 0.717) is 27.8 Å². The third-order valence-electron chi connectivity index (χ3n) is 9.46. The molecule has 6 rings (SSSR count). The highest BCUT2D eigenvalue weighted by Crippen LogP contribution is 2.49. The average Bonchev–Trinajstić information content (AvgIpc) is 3.61. The van der Waals surface area contributed by atoms with Gasteiger partial charge in [-0.2, -0.15) is 0 Å². The number of ether oxygens (including phenoxy) is 1. The topological polar surface area (TPSA) is 104 Å². The molecule has 49 heavy (non-hydrogen) atoms. The second-order valence-electron chi connectivity index (χ2n) is 13.7. The summed E-state index contributed by atoms with van der Waals surface area (Å²) < 4.78 is 33.6. The molecular formula is C41H40F2O6. The summed E-state index contributed by atoms with van der Waals surface area (Å²) >= 11 is 0. The molecule has 2 aliphatic rings. The predicted octanol–water partition coefficient (Wildman–Crippen LogP) is 10.3. The summed E-state index contributed by atoms with van der Waals surface area (Å²) in [6, 6.07) is 17.6. The van der Waals surface area contributed by atoms with Crippen LogP contribution in [-0.4, -0.2) is 34.4 Å². The van der Waals surface area contributed by atoms with E-state index in [1.165, 1.54) is 49.6 Å². The molecule has 0 aromatic heterocycles. The number of aromatic carboxylic acids is 1. The average molecular weight is 667 g/mol. The van der Waals surface area contributed by atoms with Crippen LogP contribution in [0, 0.1) is 22.5 Å². The Morgan fingerprint density at radius 2 is 1.04 bits per heavy atom. The molecule has 0 amide bonds. The first-order valence-electron chi connectivity index (χ1n) is 16.1. The normalized spacial score (nSPS) is 15.9. The van der Waals surface area contributed by atoms with Crippen molar-refractivity contribution in [1.29, 1.82) is 0 Å². The lowest BCUT2D eigenvalue weighted by atomic mass is 9.79. The van der Waals surface area contributed by atoms with Gasteiger partial charge in [0.15, 0.2) is 0 Å². The maximum atomic E-state index is 14.4. The molecule has 3 N–H and O–H groups in total. The molecule has 254 valence electrons. The zero-order valence-corrected chi connectivity index (χ0v) is 28.2. The first-order chi connectivity index (χ1) is 23.1. The Labute approximate surface area is 285 Å². The van der Waals surface area contributed by atoms with Gasteiger partial charge in [0.2, 0.25) is 0 Å². The minimum atomic E-state index is -1.02. The Balaban J connectivity index is 0.000000191. The van der Waals surface area contributed by atoms with E-state index in [1.54, 1.807) is 30.3 Å². The molecule has 0 radical (unpaired) electrons. The van der Waals surface area contributed by atoms with Crippen LogP contribution in [0.15, 0.2) is 84.9 Å². The first kappa shape index (κ1) is 35.1. The number of hydrogen-bond acceptors (Lipinski definition) is 5. The number of carboxylic acids is 1. The maximum absolute atomic E-state index is 14.4. The summed E-state index contributed by atoms with van der Waals surface area (Å²) in [5.41, 5.74) is 5.84. The fourth-order valence-corrected chi connectivity index (χ4v) is 6.75. The molecule has 0 atom stereocenters. The number of benzene rings is 4. The Morgan fingerprint density at radius 1 is 0.612 bits per heavy atom. The number of esters is 1. The Kier molecular flexibility index (Phi) is 9.81. The van der Waals surface area contributed by atoms with E-state index >= 15 is 0 Å². The number of halogens is 2. The van der Waals surface area contributed by atoms with Crippen molar-refractivity contribution < 1.29 is 38.4 Å². The number of hydrogen-bond donors (Lipinski definition) is 3. The smallest absolute Gasteiger partial charge is 0.337 e. The summed E-state index contributed by atoms with van der Waals surface area (Å²) in [4.78, 5) is 23.3. The standard InChI is InChI=1S/C21H21FO3.C20H19FO3/c1-21(2)10-4-5-18(21)16-11-13(20(24)25-3)6-8-15(16)17-12-14(23)7-9-19(17)22;1-20(2)9-3-4-17(20)15-10-12(19(23)24)5-7-14(15)16-11-13(22)6-8-18(16)21/h5-9,11-12,23H,4,10H2,1-3H3;4-8,10-11,22H,3,9H2,1-2H3,(H,23,24). The van der Waals surface area contributed by atoms with Gasteiger partial charge in [-0.05, 0) is 131 Å². The van der Waals surface area contributed by atoms with Gasteiger partial charge in [0.1, 0.15) is 23.1 Å². The van der Waals surface area contributed by atoms with Gasteiger partial charge in [0.05, 0.1) is 18.2 Å². The minimum absolute atomic E-state index is 0.000874. The van der Waals surface area contributed by atoms with Crippen LogP contribution in [0.25, 0.3) is 33.4 Å². The van der Waals surface area contributed by atoms with Gasteiger partial charge in [0, 0.05) is 11.1 Å². The van der Waals surface area contributed by atoms with Crippen LogP contribution >= 0.6 is 0 Å². The van der Waals surface area contributed by atoms with Crippen molar-refractivity contribution in [3.63, 3.8) is 0 Å². The summed E-state index contributed by atoms with van der Waals surface area (Å²) in [6.45, 7) is 8.47. The zero-order valence-electron chi connectivity index (χ0n) is 28.2. The number of methoxy groups -OCH3 is 1. The van der Waals surface area contributed by atoms with E-state index < -0.39 is 23.6 Å². The fraction of sp³-hybridized carbons (Fsp3) is 0.268. The monoisotopic (exact) mass is 666 g/mol. The van der Waals surface area contributed by atoms with Crippen LogP contribution in [0.5, 0.6) is 11.5 Å². The van der Waals surface area contributed by atoms with Crippen molar-refractivity contribution in [2.24, 2.45) is 10.8 Å². The molecule has 0 unspecified atom stereocenters. The number of phenolic OH excluding ortho intramolecular Hbond substituents is 2. The van der Waals surface area contributed by atoms with Gasteiger partial charge in [0.25, 0.3) is 0 Å². The lowest BCUT2D eigenvalue weighted by Crippen LogP contribution is -2.11. The van der Waals surface area contributed by atoms with Crippen molar-refractivity contribution in [3.05, 3.63) is 119 Å². The summed E-state index contributed by atoms with van der Waals surface area (Å²) in [5, 5.41) is 28.8. The maximum Gasteiger partial charge on any atom is 0.337 e.